The summed E-state index contributed by atoms with van der Waals surface area (Å²) in [5, 5.41) is 0. The summed E-state index contributed by atoms with van der Waals surface area (Å²) < 4.78 is 27.3. The Balaban J connectivity index is 3.58. The van der Waals surface area contributed by atoms with Crippen molar-refractivity contribution in [2.75, 3.05) is 36.7 Å². The van der Waals surface area contributed by atoms with Crippen molar-refractivity contribution in [1.29, 1.82) is 0 Å². The molecule has 0 aromatic rings. The lowest BCUT2D eigenvalue weighted by molar-refractivity contribution is 0.163. The summed E-state index contributed by atoms with van der Waals surface area (Å²) in [6.45, 7) is 2.76. The van der Waals surface area contributed by atoms with E-state index in [0.717, 1.165) is 0 Å². The molecule has 0 aliphatic rings. The van der Waals surface area contributed by atoms with E-state index in [2.05, 4.69) is 0 Å². The lowest BCUT2D eigenvalue weighted by Gasteiger charge is -2.02. The highest BCUT2D eigenvalue weighted by molar-refractivity contribution is 8.00. The van der Waals surface area contributed by atoms with E-state index in [1.54, 1.807) is 11.8 Å². The van der Waals surface area contributed by atoms with Crippen molar-refractivity contribution in [3.63, 3.8) is 0 Å². The maximum Gasteiger partial charge on any atom is 0.153 e. The molecular weight excluding hydrogens is 196 g/mol. The van der Waals surface area contributed by atoms with Crippen LogP contribution in [-0.2, 0) is 14.6 Å². The Morgan fingerprint density at radius 2 is 2.00 bits per heavy atom. The summed E-state index contributed by atoms with van der Waals surface area (Å²) in [6.07, 6.45) is 1.90. The van der Waals surface area contributed by atoms with Gasteiger partial charge in [-0.15, -0.1) is 0 Å². The van der Waals surface area contributed by atoms with Crippen molar-refractivity contribution < 1.29 is 13.2 Å². The van der Waals surface area contributed by atoms with Gasteiger partial charge in [0.05, 0.1) is 18.1 Å². The van der Waals surface area contributed by atoms with Gasteiger partial charge in [-0.1, -0.05) is 0 Å². The Morgan fingerprint density at radius 3 is 2.50 bits per heavy atom. The van der Waals surface area contributed by atoms with Crippen molar-refractivity contribution in [3.05, 3.63) is 0 Å². The highest BCUT2D eigenvalue weighted by atomic mass is 32.2. The zero-order valence-corrected chi connectivity index (χ0v) is 9.21. The van der Waals surface area contributed by atoms with Gasteiger partial charge in [0, 0.05) is 12.4 Å². The van der Waals surface area contributed by atoms with Crippen LogP contribution in [0.15, 0.2) is 0 Å². The van der Waals surface area contributed by atoms with Gasteiger partial charge in [-0.25, -0.2) is 8.42 Å². The summed E-state index contributed by atoms with van der Waals surface area (Å²) in [6, 6.07) is 0. The smallest absolute Gasteiger partial charge is 0.153 e. The molecule has 0 unspecified atom stereocenters. The van der Waals surface area contributed by atoms with Crippen molar-refractivity contribution >= 4 is 21.6 Å². The van der Waals surface area contributed by atoms with Crippen LogP contribution in [0.2, 0.25) is 0 Å². The second-order valence-corrected chi connectivity index (χ2v) is 5.63. The third-order valence-corrected chi connectivity index (χ3v) is 3.83. The zero-order valence-electron chi connectivity index (χ0n) is 7.58. The normalized spacial score (nSPS) is 11.8. The minimum absolute atomic E-state index is 0.154. The second-order valence-electron chi connectivity index (χ2n) is 2.34. The first kappa shape index (κ1) is 12.3. The van der Waals surface area contributed by atoms with Crippen molar-refractivity contribution in [3.8, 4) is 0 Å². The molecule has 0 bridgehead atoms. The maximum atomic E-state index is 11.2. The number of sulfone groups is 1. The molecule has 0 spiro atoms. The van der Waals surface area contributed by atoms with Gasteiger partial charge in [0.1, 0.15) is 0 Å². The molecule has 3 nitrogen and oxygen atoms in total. The Hall–Kier alpha value is 0.260. The lowest BCUT2D eigenvalue weighted by atomic mass is 10.8. The van der Waals surface area contributed by atoms with Gasteiger partial charge in [-0.3, -0.25) is 0 Å². The molecular formula is C7H16O3S2. The van der Waals surface area contributed by atoms with E-state index in [1.807, 2.05) is 13.2 Å². The molecule has 0 aromatic carbocycles. The molecule has 0 aliphatic heterocycles. The molecule has 0 aromatic heterocycles. The minimum Gasteiger partial charge on any atom is -0.381 e. The second kappa shape index (κ2) is 6.74. The molecule has 0 radical (unpaired) electrons. The third kappa shape index (κ3) is 6.94. The van der Waals surface area contributed by atoms with Crippen LogP contribution in [0.3, 0.4) is 0 Å². The van der Waals surface area contributed by atoms with E-state index in [1.165, 1.54) is 0 Å². The molecule has 0 atom stereocenters. The summed E-state index contributed by atoms with van der Waals surface area (Å²) in [5.41, 5.74) is 0. The molecule has 0 rings (SSSR count). The molecule has 0 N–H and O–H groups in total. The predicted octanol–water partition coefficient (Wildman–Crippen LogP) is 0.801. The largest absolute Gasteiger partial charge is 0.381 e. The monoisotopic (exact) mass is 212 g/mol. The predicted molar refractivity (Wildman–Crippen MR) is 53.5 cm³/mol. The molecule has 0 heterocycles. The van der Waals surface area contributed by atoms with Gasteiger partial charge in [0.2, 0.25) is 0 Å². The van der Waals surface area contributed by atoms with Crippen LogP contribution >= 0.6 is 11.8 Å². The lowest BCUT2D eigenvalue weighted by Crippen LogP contribution is -2.16. The average molecular weight is 212 g/mol. The number of hydrogen-bond acceptors (Lipinski definition) is 4. The van der Waals surface area contributed by atoms with Crippen molar-refractivity contribution in [2.24, 2.45) is 0 Å². The number of hydrogen-bond donors (Lipinski definition) is 0. The number of rotatable bonds is 7. The molecule has 0 fully saturated rings. The first-order chi connectivity index (χ1) is 5.62. The molecule has 74 valence electrons. The van der Waals surface area contributed by atoms with Gasteiger partial charge >= 0.3 is 0 Å². The van der Waals surface area contributed by atoms with Crippen LogP contribution in [0, 0.1) is 0 Å². The minimum atomic E-state index is -2.86. The molecule has 0 saturated carbocycles. The quantitative estimate of drug-likeness (QED) is 0.586. The van der Waals surface area contributed by atoms with Gasteiger partial charge in [-0.05, 0) is 13.2 Å². The molecule has 5 heteroatoms. The topological polar surface area (TPSA) is 43.4 Å². The van der Waals surface area contributed by atoms with Gasteiger partial charge in [0.25, 0.3) is 0 Å². The van der Waals surface area contributed by atoms with Crippen LogP contribution in [-0.4, -0.2) is 45.1 Å². The fraction of sp³-hybridized carbons (Fsp3) is 1.00. The van der Waals surface area contributed by atoms with Crippen molar-refractivity contribution in [1.82, 2.24) is 0 Å². The summed E-state index contributed by atoms with van der Waals surface area (Å²) in [7, 11) is -2.86. The fourth-order valence-electron chi connectivity index (χ4n) is 0.643. The highest BCUT2D eigenvalue weighted by Gasteiger charge is 2.08. The van der Waals surface area contributed by atoms with E-state index >= 15 is 0 Å². The van der Waals surface area contributed by atoms with Crippen LogP contribution in [0.5, 0.6) is 0 Å². The van der Waals surface area contributed by atoms with Crippen molar-refractivity contribution in [2.45, 2.75) is 6.92 Å². The molecule has 12 heavy (non-hydrogen) atoms. The molecule has 0 aliphatic carbocycles. The standard InChI is InChI=1S/C7H16O3S2/c1-3-10-4-6-12(8,9)7-5-11-2/h3-7H2,1-2H3. The van der Waals surface area contributed by atoms with Crippen LogP contribution in [0.1, 0.15) is 6.92 Å². The Morgan fingerprint density at radius 1 is 1.33 bits per heavy atom. The van der Waals surface area contributed by atoms with E-state index in [4.69, 9.17) is 4.74 Å². The number of ether oxygens (including phenoxy) is 1. The molecule has 0 amide bonds. The average Bonchev–Trinajstić information content (AvgIpc) is 2.01. The maximum absolute atomic E-state index is 11.2. The SMILES string of the molecule is CCOCCS(=O)(=O)CCSC. The first-order valence-corrected chi connectivity index (χ1v) is 7.11. The van der Waals surface area contributed by atoms with E-state index < -0.39 is 9.84 Å². The zero-order chi connectivity index (χ0) is 9.45. The first-order valence-electron chi connectivity index (χ1n) is 3.89. The van der Waals surface area contributed by atoms with E-state index in [9.17, 15) is 8.42 Å². The van der Waals surface area contributed by atoms with Crippen LogP contribution < -0.4 is 0 Å². The van der Waals surface area contributed by atoms with Crippen LogP contribution in [0.25, 0.3) is 0 Å². The Kier molecular flexibility index (Phi) is 6.89. The fourth-order valence-corrected chi connectivity index (χ4v) is 2.90. The third-order valence-electron chi connectivity index (χ3n) is 1.34. The summed E-state index contributed by atoms with van der Waals surface area (Å²) in [5.74, 6) is 1.09. The van der Waals surface area contributed by atoms with Gasteiger partial charge in [-0.2, -0.15) is 11.8 Å². The Bertz CT molecular complexity index is 187. The van der Waals surface area contributed by atoms with Crippen LogP contribution in [0.4, 0.5) is 0 Å². The molecule has 0 saturated heterocycles. The Labute approximate surface area is 78.8 Å². The highest BCUT2D eigenvalue weighted by Crippen LogP contribution is 1.97. The van der Waals surface area contributed by atoms with Gasteiger partial charge in [0.15, 0.2) is 9.84 Å². The summed E-state index contributed by atoms with van der Waals surface area (Å²) >= 11 is 1.55. The number of thioether (sulfide) groups is 1. The van der Waals surface area contributed by atoms with E-state index in [-0.39, 0.29) is 11.5 Å². The van der Waals surface area contributed by atoms with Gasteiger partial charge < -0.3 is 4.74 Å². The summed E-state index contributed by atoms with van der Waals surface area (Å²) in [4.78, 5) is 0. The van der Waals surface area contributed by atoms with E-state index in [0.29, 0.717) is 19.0 Å².